The van der Waals surface area contributed by atoms with Crippen molar-refractivity contribution in [3.8, 4) is 0 Å². The molecule has 0 saturated carbocycles. The van der Waals surface area contributed by atoms with E-state index < -0.39 is 15.9 Å². The molecule has 16 heavy (non-hydrogen) atoms. The number of primary amides is 1. The molecule has 0 aliphatic carbocycles. The standard InChI is InChI=1S/C9H13N3O3S/c1-16(14,15)12-8-4-2-7(3-5-8)11-6-9(10)13/h2-5,11-12H,6H2,1H3,(H2,10,13). The molecule has 0 aliphatic heterocycles. The van der Waals surface area contributed by atoms with Crippen molar-refractivity contribution >= 4 is 27.3 Å². The van der Waals surface area contributed by atoms with Gasteiger partial charge in [0.2, 0.25) is 15.9 Å². The van der Waals surface area contributed by atoms with Crippen LogP contribution < -0.4 is 15.8 Å². The summed E-state index contributed by atoms with van der Waals surface area (Å²) in [5.41, 5.74) is 6.12. The van der Waals surface area contributed by atoms with Crippen molar-refractivity contribution in [1.82, 2.24) is 0 Å². The average Bonchev–Trinajstić information content (AvgIpc) is 2.14. The second-order valence-electron chi connectivity index (χ2n) is 3.27. The second-order valence-corrected chi connectivity index (χ2v) is 5.02. The van der Waals surface area contributed by atoms with Gasteiger partial charge in [0.05, 0.1) is 12.8 Å². The first-order valence-electron chi connectivity index (χ1n) is 4.47. The molecule has 88 valence electrons. The van der Waals surface area contributed by atoms with Gasteiger partial charge in [-0.05, 0) is 24.3 Å². The molecule has 0 saturated heterocycles. The maximum atomic E-state index is 10.9. The van der Waals surface area contributed by atoms with E-state index >= 15 is 0 Å². The Morgan fingerprint density at radius 3 is 2.19 bits per heavy atom. The zero-order chi connectivity index (χ0) is 12.2. The fourth-order valence-corrected chi connectivity index (χ4v) is 1.62. The molecule has 7 heteroatoms. The summed E-state index contributed by atoms with van der Waals surface area (Å²) in [5.74, 6) is -0.460. The first-order chi connectivity index (χ1) is 7.37. The summed E-state index contributed by atoms with van der Waals surface area (Å²) in [6.07, 6.45) is 1.08. The van der Waals surface area contributed by atoms with Gasteiger partial charge in [0, 0.05) is 11.4 Å². The lowest BCUT2D eigenvalue weighted by Gasteiger charge is -2.06. The molecule has 6 nitrogen and oxygen atoms in total. The van der Waals surface area contributed by atoms with Crippen LogP contribution in [-0.4, -0.2) is 27.1 Å². The van der Waals surface area contributed by atoms with E-state index in [1.165, 1.54) is 0 Å². The minimum Gasteiger partial charge on any atom is -0.376 e. The van der Waals surface area contributed by atoms with E-state index in [4.69, 9.17) is 5.73 Å². The average molecular weight is 243 g/mol. The van der Waals surface area contributed by atoms with E-state index in [0.29, 0.717) is 11.4 Å². The minimum atomic E-state index is -3.26. The zero-order valence-corrected chi connectivity index (χ0v) is 9.54. The van der Waals surface area contributed by atoms with Gasteiger partial charge in [-0.1, -0.05) is 0 Å². The predicted molar refractivity (Wildman–Crippen MR) is 62.6 cm³/mol. The monoisotopic (exact) mass is 243 g/mol. The lowest BCUT2D eigenvalue weighted by Crippen LogP contribution is -2.21. The first-order valence-corrected chi connectivity index (χ1v) is 6.36. The summed E-state index contributed by atoms with van der Waals surface area (Å²) in [7, 11) is -3.26. The molecule has 1 aromatic rings. The Morgan fingerprint density at radius 2 is 1.75 bits per heavy atom. The van der Waals surface area contributed by atoms with Crippen molar-refractivity contribution in [2.75, 3.05) is 22.8 Å². The first kappa shape index (κ1) is 12.3. The Hall–Kier alpha value is -1.76. The van der Waals surface area contributed by atoms with Crippen molar-refractivity contribution in [3.63, 3.8) is 0 Å². The van der Waals surface area contributed by atoms with Crippen molar-refractivity contribution in [1.29, 1.82) is 0 Å². The quantitative estimate of drug-likeness (QED) is 0.675. The lowest BCUT2D eigenvalue weighted by atomic mass is 10.3. The summed E-state index contributed by atoms with van der Waals surface area (Å²) in [4.78, 5) is 10.5. The van der Waals surface area contributed by atoms with Crippen LogP contribution in [0.5, 0.6) is 0 Å². The molecule has 1 amide bonds. The van der Waals surface area contributed by atoms with Crippen LogP contribution >= 0.6 is 0 Å². The van der Waals surface area contributed by atoms with Gasteiger partial charge in [-0.25, -0.2) is 8.42 Å². The van der Waals surface area contributed by atoms with Crippen molar-refractivity contribution in [2.45, 2.75) is 0 Å². The van der Waals surface area contributed by atoms with Crippen LogP contribution in [0.3, 0.4) is 0 Å². The molecule has 1 aromatic carbocycles. The van der Waals surface area contributed by atoms with Crippen LogP contribution in [0.15, 0.2) is 24.3 Å². The van der Waals surface area contributed by atoms with Gasteiger partial charge >= 0.3 is 0 Å². The van der Waals surface area contributed by atoms with Gasteiger partial charge in [-0.3, -0.25) is 9.52 Å². The van der Waals surface area contributed by atoms with Crippen LogP contribution in [0, 0.1) is 0 Å². The highest BCUT2D eigenvalue weighted by atomic mass is 32.2. The summed E-state index contributed by atoms with van der Waals surface area (Å²) < 4.78 is 24.2. The van der Waals surface area contributed by atoms with Crippen molar-refractivity contribution in [3.05, 3.63) is 24.3 Å². The van der Waals surface area contributed by atoms with Gasteiger partial charge < -0.3 is 11.1 Å². The Bertz CT molecular complexity index is 467. The molecule has 0 heterocycles. The lowest BCUT2D eigenvalue weighted by molar-refractivity contribution is -0.116. The van der Waals surface area contributed by atoms with Gasteiger partial charge in [0.25, 0.3) is 0 Å². The molecule has 0 atom stereocenters. The number of hydrogen-bond acceptors (Lipinski definition) is 4. The number of carbonyl (C=O) groups is 1. The summed E-state index contributed by atoms with van der Waals surface area (Å²) >= 11 is 0. The minimum absolute atomic E-state index is 0.0405. The molecule has 0 spiro atoms. The van der Waals surface area contributed by atoms with Gasteiger partial charge in [0.15, 0.2) is 0 Å². The van der Waals surface area contributed by atoms with Gasteiger partial charge in [-0.15, -0.1) is 0 Å². The highest BCUT2D eigenvalue weighted by molar-refractivity contribution is 7.92. The van der Waals surface area contributed by atoms with E-state index in [1.54, 1.807) is 24.3 Å². The predicted octanol–water partition coefficient (Wildman–Crippen LogP) is -0.0447. The molecule has 0 aromatic heterocycles. The van der Waals surface area contributed by atoms with E-state index in [2.05, 4.69) is 10.0 Å². The van der Waals surface area contributed by atoms with Crippen LogP contribution in [0.25, 0.3) is 0 Å². The molecule has 1 rings (SSSR count). The van der Waals surface area contributed by atoms with Crippen LogP contribution in [0.1, 0.15) is 0 Å². The summed E-state index contributed by atoms with van der Waals surface area (Å²) in [5, 5.41) is 2.78. The van der Waals surface area contributed by atoms with Gasteiger partial charge in [-0.2, -0.15) is 0 Å². The Balaban J connectivity index is 2.64. The molecule has 4 N–H and O–H groups in total. The maximum absolute atomic E-state index is 10.9. The van der Waals surface area contributed by atoms with E-state index in [-0.39, 0.29) is 6.54 Å². The number of amides is 1. The number of sulfonamides is 1. The Morgan fingerprint density at radius 1 is 1.25 bits per heavy atom. The zero-order valence-electron chi connectivity index (χ0n) is 8.73. The van der Waals surface area contributed by atoms with Gasteiger partial charge in [0.1, 0.15) is 0 Å². The Kier molecular flexibility index (Phi) is 3.73. The molecule has 0 bridgehead atoms. The highest BCUT2D eigenvalue weighted by Crippen LogP contribution is 2.13. The number of anilines is 2. The third kappa shape index (κ3) is 4.65. The van der Waals surface area contributed by atoms with E-state index in [0.717, 1.165) is 6.26 Å². The van der Waals surface area contributed by atoms with E-state index in [9.17, 15) is 13.2 Å². The molecule has 0 unspecified atom stereocenters. The number of carbonyl (C=O) groups excluding carboxylic acids is 1. The summed E-state index contributed by atoms with van der Waals surface area (Å²) in [6.45, 7) is 0.0405. The SMILES string of the molecule is CS(=O)(=O)Nc1ccc(NCC(N)=O)cc1. The van der Waals surface area contributed by atoms with Crippen molar-refractivity contribution in [2.24, 2.45) is 5.73 Å². The molecular formula is C9H13N3O3S. The van der Waals surface area contributed by atoms with Crippen molar-refractivity contribution < 1.29 is 13.2 Å². The largest absolute Gasteiger partial charge is 0.376 e. The molecule has 0 fully saturated rings. The highest BCUT2D eigenvalue weighted by Gasteiger charge is 2.01. The maximum Gasteiger partial charge on any atom is 0.236 e. The fourth-order valence-electron chi connectivity index (χ4n) is 1.06. The molecular weight excluding hydrogens is 230 g/mol. The fraction of sp³-hybridized carbons (Fsp3) is 0.222. The number of rotatable bonds is 5. The third-order valence-electron chi connectivity index (χ3n) is 1.65. The Labute approximate surface area is 93.9 Å². The van der Waals surface area contributed by atoms with Crippen LogP contribution in [-0.2, 0) is 14.8 Å². The number of nitrogens with two attached hydrogens (primary N) is 1. The topological polar surface area (TPSA) is 101 Å². The third-order valence-corrected chi connectivity index (χ3v) is 2.26. The number of benzene rings is 1. The number of nitrogens with one attached hydrogen (secondary N) is 2. The number of hydrogen-bond donors (Lipinski definition) is 3. The smallest absolute Gasteiger partial charge is 0.236 e. The van der Waals surface area contributed by atoms with Crippen LogP contribution in [0.4, 0.5) is 11.4 Å². The van der Waals surface area contributed by atoms with Crippen LogP contribution in [0.2, 0.25) is 0 Å². The molecule has 0 radical (unpaired) electrons. The summed E-state index contributed by atoms with van der Waals surface area (Å²) in [6, 6.07) is 6.47. The second kappa shape index (κ2) is 4.84. The normalized spacial score (nSPS) is 10.8. The molecule has 0 aliphatic rings. The van der Waals surface area contributed by atoms with E-state index in [1.807, 2.05) is 0 Å².